The van der Waals surface area contributed by atoms with Gasteiger partial charge in [0.1, 0.15) is 11.5 Å². The highest BCUT2D eigenvalue weighted by molar-refractivity contribution is 5.97. The Morgan fingerprint density at radius 3 is 2.76 bits per heavy atom. The topological polar surface area (TPSA) is 70.2 Å². The van der Waals surface area contributed by atoms with E-state index in [1.165, 1.54) is 12.1 Å². The number of nitrogens with one attached hydrogen (secondary N) is 2. The Hall–Kier alpha value is -4.32. The number of aromatic amines is 2. The lowest BCUT2D eigenvalue weighted by Gasteiger charge is -2.03. The van der Waals surface area contributed by atoms with E-state index in [1.807, 2.05) is 50.4 Å². The van der Waals surface area contributed by atoms with Crippen molar-refractivity contribution in [2.45, 2.75) is 13.8 Å². The minimum absolute atomic E-state index is 0.281. The molecule has 6 heteroatoms. The zero-order chi connectivity index (χ0) is 22.9. The summed E-state index contributed by atoms with van der Waals surface area (Å²) in [5.74, 6) is -0.281. The van der Waals surface area contributed by atoms with Crippen LogP contribution in [0.25, 0.3) is 51.1 Å². The molecule has 0 bridgehead atoms. The highest BCUT2D eigenvalue weighted by Gasteiger charge is 2.13. The zero-order valence-electron chi connectivity index (χ0n) is 18.4. The molecule has 1 aromatic carbocycles. The number of hydrogen-bond donors (Lipinski definition) is 2. The van der Waals surface area contributed by atoms with Gasteiger partial charge in [0.25, 0.3) is 0 Å². The number of pyridine rings is 2. The second-order valence-corrected chi connectivity index (χ2v) is 7.89. The molecule has 0 aliphatic carbocycles. The Morgan fingerprint density at radius 2 is 1.97 bits per heavy atom. The molecule has 0 radical (unpaired) electrons. The molecule has 0 amide bonds. The minimum atomic E-state index is -0.281. The molecule has 0 spiro atoms. The Labute approximate surface area is 190 Å². The summed E-state index contributed by atoms with van der Waals surface area (Å²) in [6.07, 6.45) is 11.1. The summed E-state index contributed by atoms with van der Waals surface area (Å²) < 4.78 is 13.8. The van der Waals surface area contributed by atoms with Crippen LogP contribution in [0.3, 0.4) is 0 Å². The van der Waals surface area contributed by atoms with Gasteiger partial charge in [0, 0.05) is 40.3 Å². The lowest BCUT2D eigenvalue weighted by Crippen LogP contribution is -2.23. The number of aryl methyl sites for hydroxylation is 1. The highest BCUT2D eigenvalue weighted by atomic mass is 19.1. The van der Waals surface area contributed by atoms with Crippen LogP contribution in [0.2, 0.25) is 0 Å². The molecule has 2 N–H and O–H groups in total. The molecule has 5 nitrogen and oxygen atoms in total. The van der Waals surface area contributed by atoms with Gasteiger partial charge in [-0.25, -0.2) is 4.39 Å². The van der Waals surface area contributed by atoms with Crippen LogP contribution in [0.5, 0.6) is 0 Å². The third-order valence-corrected chi connectivity index (χ3v) is 5.76. The summed E-state index contributed by atoms with van der Waals surface area (Å²) in [6, 6.07) is 10.5. The number of H-pyrrole nitrogens is 2. The normalized spacial score (nSPS) is 12.6. The second kappa shape index (κ2) is 8.31. The second-order valence-electron chi connectivity index (χ2n) is 7.89. The number of hydrogen-bond acceptors (Lipinski definition) is 3. The molecule has 0 atom stereocenters. The molecule has 0 aliphatic rings. The number of halogens is 1. The first-order chi connectivity index (χ1) is 16.0. The molecule has 4 aromatic heterocycles. The maximum Gasteiger partial charge on any atom is 0.123 e. The molecule has 4 heterocycles. The highest BCUT2D eigenvalue weighted by Crippen LogP contribution is 2.30. The van der Waals surface area contributed by atoms with Crippen LogP contribution in [-0.2, 0) is 0 Å². The fraction of sp³-hybridized carbons (Fsp3) is 0.0741. The molecule has 5 rings (SSSR count). The van der Waals surface area contributed by atoms with Crippen LogP contribution in [0.4, 0.5) is 4.39 Å². The van der Waals surface area contributed by atoms with Crippen molar-refractivity contribution >= 4 is 28.6 Å². The Balaban J connectivity index is 1.68. The maximum absolute atomic E-state index is 13.8. The van der Waals surface area contributed by atoms with Gasteiger partial charge in [0.15, 0.2) is 0 Å². The van der Waals surface area contributed by atoms with Gasteiger partial charge < -0.3 is 4.98 Å². The van der Waals surface area contributed by atoms with E-state index in [9.17, 15) is 4.39 Å². The van der Waals surface area contributed by atoms with Gasteiger partial charge in [-0.1, -0.05) is 24.8 Å². The molecular weight excluding hydrogens is 413 g/mol. The van der Waals surface area contributed by atoms with Crippen LogP contribution in [-0.4, -0.2) is 25.1 Å². The van der Waals surface area contributed by atoms with Crippen LogP contribution >= 0.6 is 0 Å². The Morgan fingerprint density at radius 1 is 1.09 bits per heavy atom. The van der Waals surface area contributed by atoms with E-state index in [4.69, 9.17) is 0 Å². The quantitative estimate of drug-likeness (QED) is 0.428. The van der Waals surface area contributed by atoms with E-state index >= 15 is 0 Å². The standard InChI is InChI=1S/C27H22FN5/c1-4-24-21(10-17(3)22-13-29-9-8-16(22)2)27(33-32-24)25-12-20-23(14-30-15-26(20)31-25)18-6-5-7-19(28)11-18/h4-15,31-32H,3H2,1-2H3/b21-10+,24-4+. The maximum atomic E-state index is 13.8. The van der Waals surface area contributed by atoms with Crippen molar-refractivity contribution < 1.29 is 4.39 Å². The molecule has 0 aliphatic heterocycles. The summed E-state index contributed by atoms with van der Waals surface area (Å²) in [7, 11) is 0. The predicted octanol–water partition coefficient (Wildman–Crippen LogP) is 4.76. The van der Waals surface area contributed by atoms with Crippen molar-refractivity contribution in [3.8, 4) is 22.5 Å². The van der Waals surface area contributed by atoms with Crippen LogP contribution in [0.15, 0.2) is 67.8 Å². The van der Waals surface area contributed by atoms with E-state index < -0.39 is 0 Å². The van der Waals surface area contributed by atoms with Gasteiger partial charge in [0.2, 0.25) is 0 Å². The number of benzene rings is 1. The number of nitrogens with zero attached hydrogens (tertiary/aromatic N) is 3. The largest absolute Gasteiger partial charge is 0.352 e. The number of rotatable bonds is 4. The van der Waals surface area contributed by atoms with Gasteiger partial charge in [-0.15, -0.1) is 0 Å². The molecule has 5 aromatic rings. The SMILES string of the molecule is C=C(/C=c1/c(-c2cc3c(-c4cccc(F)c4)cncc3[nH]2)n[nH]/c1=C/C)c1cnccc1C. The van der Waals surface area contributed by atoms with Crippen molar-refractivity contribution in [1.29, 1.82) is 0 Å². The van der Waals surface area contributed by atoms with Crippen molar-refractivity contribution in [3.05, 3.63) is 95.3 Å². The zero-order valence-corrected chi connectivity index (χ0v) is 18.4. The third kappa shape index (κ3) is 3.76. The lowest BCUT2D eigenvalue weighted by molar-refractivity contribution is 0.628. The third-order valence-electron chi connectivity index (χ3n) is 5.76. The van der Waals surface area contributed by atoms with E-state index in [1.54, 1.807) is 24.7 Å². The summed E-state index contributed by atoms with van der Waals surface area (Å²) in [5, 5.41) is 10.5. The molecule has 0 saturated carbocycles. The summed E-state index contributed by atoms with van der Waals surface area (Å²) in [6.45, 7) is 8.27. The van der Waals surface area contributed by atoms with Gasteiger partial charge in [-0.3, -0.25) is 15.1 Å². The molecule has 0 fully saturated rings. The van der Waals surface area contributed by atoms with E-state index in [2.05, 4.69) is 31.7 Å². The summed E-state index contributed by atoms with van der Waals surface area (Å²) in [5.41, 5.74) is 7.03. The minimum Gasteiger partial charge on any atom is -0.352 e. The van der Waals surface area contributed by atoms with Crippen LogP contribution in [0.1, 0.15) is 18.1 Å². The van der Waals surface area contributed by atoms with Crippen LogP contribution in [0, 0.1) is 12.7 Å². The van der Waals surface area contributed by atoms with E-state index in [0.717, 1.165) is 60.7 Å². The molecule has 0 saturated heterocycles. The van der Waals surface area contributed by atoms with Gasteiger partial charge in [-0.2, -0.15) is 5.10 Å². The number of fused-ring (bicyclic) bond motifs is 1. The Bertz CT molecular complexity index is 1620. The van der Waals surface area contributed by atoms with Crippen molar-refractivity contribution in [2.24, 2.45) is 0 Å². The van der Waals surface area contributed by atoms with Crippen molar-refractivity contribution in [2.75, 3.05) is 0 Å². The molecule has 162 valence electrons. The fourth-order valence-corrected chi connectivity index (χ4v) is 4.05. The molecule has 33 heavy (non-hydrogen) atoms. The number of aromatic nitrogens is 5. The lowest BCUT2D eigenvalue weighted by atomic mass is 10.0. The van der Waals surface area contributed by atoms with Crippen molar-refractivity contribution in [3.63, 3.8) is 0 Å². The van der Waals surface area contributed by atoms with Gasteiger partial charge in [-0.05, 0) is 60.9 Å². The fourth-order valence-electron chi connectivity index (χ4n) is 4.05. The first-order valence-electron chi connectivity index (χ1n) is 10.6. The van der Waals surface area contributed by atoms with Crippen LogP contribution < -0.4 is 10.6 Å². The van der Waals surface area contributed by atoms with E-state index in [-0.39, 0.29) is 5.82 Å². The van der Waals surface area contributed by atoms with E-state index in [0.29, 0.717) is 0 Å². The average Bonchev–Trinajstić information content (AvgIpc) is 3.42. The summed E-state index contributed by atoms with van der Waals surface area (Å²) >= 11 is 0. The van der Waals surface area contributed by atoms with Crippen molar-refractivity contribution in [1.82, 2.24) is 25.1 Å². The van der Waals surface area contributed by atoms with Gasteiger partial charge >= 0.3 is 0 Å². The molecular formula is C27H22FN5. The first-order valence-corrected chi connectivity index (χ1v) is 10.6. The summed E-state index contributed by atoms with van der Waals surface area (Å²) in [4.78, 5) is 12.0. The van der Waals surface area contributed by atoms with Gasteiger partial charge in [0.05, 0.1) is 22.8 Å². The average molecular weight is 436 g/mol. The predicted molar refractivity (Wildman–Crippen MR) is 131 cm³/mol. The molecule has 0 unspecified atom stereocenters. The Kier molecular flexibility index (Phi) is 5.18. The monoisotopic (exact) mass is 435 g/mol. The first kappa shape index (κ1) is 20.6. The number of allylic oxidation sites excluding steroid dienone is 1. The smallest absolute Gasteiger partial charge is 0.123 e.